The number of para-hydroxylation sites is 1. The quantitative estimate of drug-likeness (QED) is 0.679. The van der Waals surface area contributed by atoms with Gasteiger partial charge in [0.15, 0.2) is 0 Å². The van der Waals surface area contributed by atoms with E-state index in [1.165, 1.54) is 11.3 Å². The van der Waals surface area contributed by atoms with Crippen LogP contribution in [0.4, 0.5) is 5.69 Å². The first kappa shape index (κ1) is 21.1. The van der Waals surface area contributed by atoms with E-state index in [2.05, 4.69) is 34.2 Å². The summed E-state index contributed by atoms with van der Waals surface area (Å²) in [6.07, 6.45) is 2.25. The molecule has 0 amide bonds. The van der Waals surface area contributed by atoms with Gasteiger partial charge in [-0.15, -0.1) is 11.3 Å². The number of hydrogen-bond acceptors (Lipinski definition) is 6. The van der Waals surface area contributed by atoms with E-state index in [1.807, 2.05) is 6.07 Å². The molecular formula is C22H30ClN3O2S. The second kappa shape index (κ2) is 9.75. The fourth-order valence-corrected chi connectivity index (χ4v) is 5.67. The fourth-order valence-electron chi connectivity index (χ4n) is 4.45. The van der Waals surface area contributed by atoms with Gasteiger partial charge in [0.05, 0.1) is 28.9 Å². The summed E-state index contributed by atoms with van der Waals surface area (Å²) >= 11 is 8.39. The highest BCUT2D eigenvalue weighted by Crippen LogP contribution is 2.45. The third-order valence-electron chi connectivity index (χ3n) is 6.05. The molecule has 1 N–H and O–H groups in total. The van der Waals surface area contributed by atoms with Gasteiger partial charge in [0.2, 0.25) is 0 Å². The maximum Gasteiger partial charge on any atom is 0.102 e. The summed E-state index contributed by atoms with van der Waals surface area (Å²) in [6, 6.07) is 6.27. The Hall–Kier alpha value is -1.18. The second-order valence-electron chi connectivity index (χ2n) is 7.96. The average Bonchev–Trinajstić information content (AvgIpc) is 3.34. The molecule has 4 rings (SSSR count). The number of anilines is 1. The van der Waals surface area contributed by atoms with Crippen LogP contribution in [0.5, 0.6) is 0 Å². The Balaban J connectivity index is 1.53. The highest BCUT2D eigenvalue weighted by Gasteiger charge is 2.34. The SMILES string of the molecule is CCN(CCO)Cc1csc(C2CN(CC3CCOCC3)c3c(Cl)cccc32)n1. The highest BCUT2D eigenvalue weighted by atomic mass is 35.5. The van der Waals surface area contributed by atoms with Crippen molar-refractivity contribution in [1.82, 2.24) is 9.88 Å². The van der Waals surface area contributed by atoms with Crippen LogP contribution < -0.4 is 4.90 Å². The lowest BCUT2D eigenvalue weighted by molar-refractivity contribution is 0.0683. The van der Waals surface area contributed by atoms with E-state index in [0.717, 1.165) is 68.0 Å². The minimum atomic E-state index is 0.181. The summed E-state index contributed by atoms with van der Waals surface area (Å²) in [5, 5.41) is 13.4. The molecule has 158 valence electrons. The van der Waals surface area contributed by atoms with E-state index in [0.29, 0.717) is 12.5 Å². The monoisotopic (exact) mass is 435 g/mol. The molecule has 0 aliphatic carbocycles. The Kier molecular flexibility index (Phi) is 7.08. The number of aliphatic hydroxyl groups is 1. The molecule has 7 heteroatoms. The van der Waals surface area contributed by atoms with Gasteiger partial charge in [-0.2, -0.15) is 0 Å². The zero-order valence-electron chi connectivity index (χ0n) is 17.0. The van der Waals surface area contributed by atoms with Crippen molar-refractivity contribution in [1.29, 1.82) is 0 Å². The predicted octanol–water partition coefficient (Wildman–Crippen LogP) is 3.99. The lowest BCUT2D eigenvalue weighted by Crippen LogP contribution is -2.32. The number of hydrogen-bond donors (Lipinski definition) is 1. The van der Waals surface area contributed by atoms with Gasteiger partial charge >= 0.3 is 0 Å². The summed E-state index contributed by atoms with van der Waals surface area (Å²) in [6.45, 7) is 8.40. The number of nitrogens with zero attached hydrogens (tertiary/aromatic N) is 3. The summed E-state index contributed by atoms with van der Waals surface area (Å²) in [5.74, 6) is 0.935. The smallest absolute Gasteiger partial charge is 0.102 e. The van der Waals surface area contributed by atoms with Crippen molar-refractivity contribution in [3.63, 3.8) is 0 Å². The Bertz CT molecular complexity index is 809. The molecule has 1 aromatic carbocycles. The van der Waals surface area contributed by atoms with Crippen molar-refractivity contribution in [3.05, 3.63) is 44.9 Å². The van der Waals surface area contributed by atoms with Crippen molar-refractivity contribution in [3.8, 4) is 0 Å². The molecule has 3 heterocycles. The number of halogens is 1. The largest absolute Gasteiger partial charge is 0.395 e. The van der Waals surface area contributed by atoms with E-state index >= 15 is 0 Å². The molecule has 2 aliphatic heterocycles. The van der Waals surface area contributed by atoms with Gasteiger partial charge in [-0.1, -0.05) is 30.7 Å². The number of benzene rings is 1. The molecule has 2 aromatic rings. The Morgan fingerprint density at radius 2 is 2.17 bits per heavy atom. The van der Waals surface area contributed by atoms with Gasteiger partial charge in [0.25, 0.3) is 0 Å². The molecule has 1 saturated heterocycles. The number of thiazole rings is 1. The van der Waals surface area contributed by atoms with E-state index in [-0.39, 0.29) is 12.5 Å². The number of aromatic nitrogens is 1. The van der Waals surface area contributed by atoms with Crippen LogP contribution in [0.1, 0.15) is 41.9 Å². The van der Waals surface area contributed by atoms with Gasteiger partial charge < -0.3 is 14.7 Å². The predicted molar refractivity (Wildman–Crippen MR) is 119 cm³/mol. The Morgan fingerprint density at radius 1 is 1.34 bits per heavy atom. The summed E-state index contributed by atoms with van der Waals surface area (Å²) < 4.78 is 5.54. The fraction of sp³-hybridized carbons (Fsp3) is 0.591. The van der Waals surface area contributed by atoms with E-state index in [4.69, 9.17) is 21.3 Å². The molecule has 0 radical (unpaired) electrons. The minimum Gasteiger partial charge on any atom is -0.395 e. The summed E-state index contributed by atoms with van der Waals surface area (Å²) in [7, 11) is 0. The molecular weight excluding hydrogens is 406 g/mol. The van der Waals surface area contributed by atoms with Crippen LogP contribution in [0.15, 0.2) is 23.6 Å². The molecule has 29 heavy (non-hydrogen) atoms. The summed E-state index contributed by atoms with van der Waals surface area (Å²) in [4.78, 5) is 9.67. The molecule has 0 bridgehead atoms. The van der Waals surface area contributed by atoms with Crippen LogP contribution in [0, 0.1) is 5.92 Å². The van der Waals surface area contributed by atoms with Gasteiger partial charge in [-0.25, -0.2) is 4.98 Å². The van der Waals surface area contributed by atoms with Crippen molar-refractivity contribution in [2.75, 3.05) is 50.9 Å². The van der Waals surface area contributed by atoms with Crippen LogP contribution in [0.3, 0.4) is 0 Å². The first-order chi connectivity index (χ1) is 14.2. The highest BCUT2D eigenvalue weighted by molar-refractivity contribution is 7.09. The molecule has 5 nitrogen and oxygen atoms in total. The number of rotatable bonds is 8. The van der Waals surface area contributed by atoms with Gasteiger partial charge in [0, 0.05) is 44.8 Å². The standard InChI is InChI=1S/C22H30ClN3O2S/c1-2-25(8-9-27)13-17-15-29-22(24-17)19-14-26(12-16-6-10-28-11-7-16)21-18(19)4-3-5-20(21)23/h3-5,15-16,19,27H,2,6-14H2,1H3. The lowest BCUT2D eigenvalue weighted by Gasteiger charge is -2.29. The molecule has 2 aliphatic rings. The number of likely N-dealkylation sites (N-methyl/N-ethyl adjacent to an activating group) is 1. The molecule has 0 spiro atoms. The van der Waals surface area contributed by atoms with E-state index in [9.17, 15) is 5.11 Å². The third-order valence-corrected chi connectivity index (χ3v) is 7.36. The second-order valence-corrected chi connectivity index (χ2v) is 9.26. The molecule has 1 atom stereocenters. The van der Waals surface area contributed by atoms with Crippen molar-refractivity contribution >= 4 is 28.6 Å². The van der Waals surface area contributed by atoms with Crippen LogP contribution in [-0.4, -0.2) is 61.0 Å². The maximum atomic E-state index is 9.24. The molecule has 1 fully saturated rings. The van der Waals surface area contributed by atoms with Crippen molar-refractivity contribution in [2.24, 2.45) is 5.92 Å². The third kappa shape index (κ3) is 4.78. The normalized spacial score (nSPS) is 19.9. The molecule has 1 unspecified atom stereocenters. The van der Waals surface area contributed by atoms with Gasteiger partial charge in [-0.3, -0.25) is 4.90 Å². The lowest BCUT2D eigenvalue weighted by atomic mass is 10.00. The number of aliphatic hydroxyl groups excluding tert-OH is 1. The number of fused-ring (bicyclic) bond motifs is 1. The van der Waals surface area contributed by atoms with E-state index in [1.54, 1.807) is 11.3 Å². The topological polar surface area (TPSA) is 48.8 Å². The Morgan fingerprint density at radius 3 is 2.93 bits per heavy atom. The number of ether oxygens (including phenoxy) is 1. The van der Waals surface area contributed by atoms with Gasteiger partial charge in [0.1, 0.15) is 5.01 Å². The van der Waals surface area contributed by atoms with Crippen molar-refractivity contribution in [2.45, 2.75) is 32.2 Å². The maximum absolute atomic E-state index is 9.24. The first-order valence-corrected chi connectivity index (χ1v) is 11.8. The van der Waals surface area contributed by atoms with Crippen molar-refractivity contribution < 1.29 is 9.84 Å². The van der Waals surface area contributed by atoms with Gasteiger partial charge in [-0.05, 0) is 36.9 Å². The van der Waals surface area contributed by atoms with Crippen LogP contribution in [-0.2, 0) is 11.3 Å². The zero-order chi connectivity index (χ0) is 20.2. The van der Waals surface area contributed by atoms with Crippen LogP contribution >= 0.6 is 22.9 Å². The zero-order valence-corrected chi connectivity index (χ0v) is 18.6. The van der Waals surface area contributed by atoms with Crippen LogP contribution in [0.25, 0.3) is 0 Å². The molecule has 0 saturated carbocycles. The average molecular weight is 436 g/mol. The molecule has 1 aromatic heterocycles. The summed E-state index contributed by atoms with van der Waals surface area (Å²) in [5.41, 5.74) is 3.58. The Labute approximate surface area is 182 Å². The van der Waals surface area contributed by atoms with E-state index < -0.39 is 0 Å². The van der Waals surface area contributed by atoms with Crippen LogP contribution in [0.2, 0.25) is 5.02 Å². The minimum absolute atomic E-state index is 0.181. The first-order valence-electron chi connectivity index (χ1n) is 10.6.